The van der Waals surface area contributed by atoms with E-state index in [2.05, 4.69) is 36.6 Å². The number of fused-ring (bicyclic) bond motifs is 1. The van der Waals surface area contributed by atoms with Crippen molar-refractivity contribution in [1.82, 2.24) is 26.3 Å². The molecule has 0 unspecified atom stereocenters. The number of aliphatic imine (C=N–C) groups is 1. The molecule has 326 valence electrons. The van der Waals surface area contributed by atoms with Gasteiger partial charge in [0.05, 0.1) is 12.2 Å². The predicted octanol–water partition coefficient (Wildman–Crippen LogP) is 2.42. The van der Waals surface area contributed by atoms with Gasteiger partial charge in [0.2, 0.25) is 29.5 Å². The standard InChI is InChI=1S/C45H54N10O7/c46-21-8-14-40(58)53-38(24-31-26-50-34-20-19-32(56)25-33(31)34)44(62)55-37(23-28-15-17-30(18-16-28)29-9-2-1-3-10-29)43(61)54-36(12-6-7-22-49-45(47)48)42(60)51-27-41(59)52-35-11-4-5-13-39(35)57/h1-5,9-11,13,15-20,25-26,36-38,50,56-57H,6-8,12,14,21-24,27,46H2,(H,51,60)(H,52,59)(H,53,58)(H,54,61)(H,55,62)(H4,47,48,49)/t36-,37-,38-/m0/s1. The average Bonchev–Trinajstić information content (AvgIpc) is 3.66. The maximum Gasteiger partial charge on any atom is 0.243 e. The molecule has 17 nitrogen and oxygen atoms in total. The maximum atomic E-state index is 14.4. The highest BCUT2D eigenvalue weighted by Gasteiger charge is 2.31. The van der Waals surface area contributed by atoms with Crippen LogP contribution in [0.5, 0.6) is 11.5 Å². The number of phenolic OH excluding ortho intramolecular Hbond substituents is 2. The number of guanidine groups is 1. The zero-order chi connectivity index (χ0) is 44.4. The third-order valence-electron chi connectivity index (χ3n) is 10.00. The fourth-order valence-electron chi connectivity index (χ4n) is 6.75. The van der Waals surface area contributed by atoms with Gasteiger partial charge in [-0.25, -0.2) is 0 Å². The van der Waals surface area contributed by atoms with E-state index in [1.54, 1.807) is 30.5 Å². The molecule has 1 aromatic heterocycles. The van der Waals surface area contributed by atoms with Crippen LogP contribution in [0.15, 0.2) is 108 Å². The lowest BCUT2D eigenvalue weighted by Gasteiger charge is -2.26. The average molecular weight is 847 g/mol. The first kappa shape index (κ1) is 45.7. The summed E-state index contributed by atoms with van der Waals surface area (Å²) in [7, 11) is 0. The lowest BCUT2D eigenvalue weighted by molar-refractivity contribution is -0.134. The van der Waals surface area contributed by atoms with E-state index in [0.717, 1.165) is 11.1 Å². The van der Waals surface area contributed by atoms with Crippen molar-refractivity contribution in [3.8, 4) is 22.6 Å². The summed E-state index contributed by atoms with van der Waals surface area (Å²) in [4.78, 5) is 75.4. The van der Waals surface area contributed by atoms with Crippen molar-refractivity contribution in [2.75, 3.05) is 25.0 Å². The highest BCUT2D eigenvalue weighted by molar-refractivity contribution is 5.98. The fraction of sp³-hybridized carbons (Fsp3) is 0.289. The summed E-state index contributed by atoms with van der Waals surface area (Å²) in [6.07, 6.45) is 3.14. The van der Waals surface area contributed by atoms with Crippen LogP contribution >= 0.6 is 0 Å². The highest BCUT2D eigenvalue weighted by Crippen LogP contribution is 2.25. The van der Waals surface area contributed by atoms with E-state index in [-0.39, 0.29) is 61.9 Å². The van der Waals surface area contributed by atoms with Gasteiger partial charge in [0.15, 0.2) is 5.96 Å². The van der Waals surface area contributed by atoms with Gasteiger partial charge in [-0.1, -0.05) is 66.7 Å². The summed E-state index contributed by atoms with van der Waals surface area (Å²) in [5.41, 5.74) is 20.7. The van der Waals surface area contributed by atoms with E-state index in [1.165, 1.54) is 18.2 Å². The number of nitrogens with zero attached hydrogens (tertiary/aromatic N) is 1. The van der Waals surface area contributed by atoms with Crippen LogP contribution in [0.2, 0.25) is 0 Å². The second kappa shape index (κ2) is 22.8. The monoisotopic (exact) mass is 846 g/mol. The molecule has 3 atom stereocenters. The van der Waals surface area contributed by atoms with Crippen molar-refractivity contribution in [3.05, 3.63) is 114 Å². The molecule has 0 fully saturated rings. The van der Waals surface area contributed by atoms with Crippen LogP contribution < -0.4 is 43.8 Å². The van der Waals surface area contributed by atoms with Crippen LogP contribution in [0.3, 0.4) is 0 Å². The maximum absolute atomic E-state index is 14.4. The van der Waals surface area contributed by atoms with E-state index in [4.69, 9.17) is 17.2 Å². The van der Waals surface area contributed by atoms with Crippen LogP contribution in [0.1, 0.15) is 43.2 Å². The molecule has 0 bridgehead atoms. The molecule has 0 spiro atoms. The summed E-state index contributed by atoms with van der Waals surface area (Å²) in [6, 6.07) is 24.5. The van der Waals surface area contributed by atoms with Crippen molar-refractivity contribution < 1.29 is 34.2 Å². The molecule has 0 aliphatic carbocycles. The molecule has 4 aromatic carbocycles. The molecule has 14 N–H and O–H groups in total. The number of aromatic nitrogens is 1. The Morgan fingerprint density at radius 3 is 2.08 bits per heavy atom. The smallest absolute Gasteiger partial charge is 0.243 e. The molecule has 17 heteroatoms. The van der Waals surface area contributed by atoms with Crippen LogP contribution in [0.4, 0.5) is 5.69 Å². The van der Waals surface area contributed by atoms with E-state index in [0.29, 0.717) is 41.3 Å². The lowest BCUT2D eigenvalue weighted by Crippen LogP contribution is -2.58. The Hall–Kier alpha value is -7.40. The first-order chi connectivity index (χ1) is 29.9. The van der Waals surface area contributed by atoms with Crippen molar-refractivity contribution in [3.63, 3.8) is 0 Å². The summed E-state index contributed by atoms with van der Waals surface area (Å²) >= 11 is 0. The number of benzene rings is 4. The minimum atomic E-state index is -1.25. The molecule has 0 aliphatic heterocycles. The molecule has 5 amide bonds. The third-order valence-corrected chi connectivity index (χ3v) is 10.00. The Kier molecular flexibility index (Phi) is 16.8. The zero-order valence-corrected chi connectivity index (χ0v) is 34.2. The van der Waals surface area contributed by atoms with Crippen molar-refractivity contribution in [2.45, 2.75) is 63.1 Å². The summed E-state index contributed by atoms with van der Waals surface area (Å²) < 4.78 is 0. The number of nitrogens with two attached hydrogens (primary N) is 3. The van der Waals surface area contributed by atoms with Gasteiger partial charge in [-0.2, -0.15) is 0 Å². The number of aromatic amines is 1. The number of rotatable bonds is 22. The Morgan fingerprint density at radius 1 is 0.694 bits per heavy atom. The first-order valence-corrected chi connectivity index (χ1v) is 20.3. The molecule has 0 aliphatic rings. The normalized spacial score (nSPS) is 12.3. The van der Waals surface area contributed by atoms with Gasteiger partial charge >= 0.3 is 0 Å². The fourth-order valence-corrected chi connectivity index (χ4v) is 6.75. The van der Waals surface area contributed by atoms with Crippen LogP contribution in [0.25, 0.3) is 22.0 Å². The van der Waals surface area contributed by atoms with Gasteiger partial charge < -0.3 is 59.0 Å². The Balaban J connectivity index is 1.40. The number of anilines is 1. The number of carbonyl (C=O) groups is 5. The molecule has 5 aromatic rings. The minimum absolute atomic E-state index is 0.00322. The molecule has 0 radical (unpaired) electrons. The van der Waals surface area contributed by atoms with E-state index in [1.807, 2.05) is 54.6 Å². The van der Waals surface area contributed by atoms with Crippen LogP contribution in [0, 0.1) is 0 Å². The number of amides is 5. The SMILES string of the molecule is NCCCC(=O)N[C@@H](Cc1c[nH]c2ccc(O)cc12)C(=O)N[C@@H](Cc1ccc(-c2ccccc2)cc1)C(=O)N[C@@H](CCCCN=C(N)N)C(=O)NCC(=O)Nc1ccccc1O. The molecule has 62 heavy (non-hydrogen) atoms. The van der Waals surface area contributed by atoms with E-state index < -0.39 is 54.2 Å². The van der Waals surface area contributed by atoms with Gasteiger partial charge in [-0.05, 0) is 84.8 Å². The largest absolute Gasteiger partial charge is 0.508 e. The number of phenols is 2. The Morgan fingerprint density at radius 2 is 1.37 bits per heavy atom. The molecule has 5 rings (SSSR count). The summed E-state index contributed by atoms with van der Waals surface area (Å²) in [5, 5.41) is 34.5. The quantitative estimate of drug-likeness (QED) is 0.0209. The third kappa shape index (κ3) is 13.8. The first-order valence-electron chi connectivity index (χ1n) is 20.3. The highest BCUT2D eigenvalue weighted by atomic mass is 16.3. The van der Waals surface area contributed by atoms with Gasteiger partial charge in [0.1, 0.15) is 29.6 Å². The van der Waals surface area contributed by atoms with Crippen LogP contribution in [-0.2, 0) is 36.8 Å². The Labute approximate surface area is 358 Å². The number of nitrogens with one attached hydrogen (secondary N) is 6. The summed E-state index contributed by atoms with van der Waals surface area (Å²) in [6.45, 7) is 0.0694. The number of para-hydroxylation sites is 2. The number of hydrogen-bond donors (Lipinski definition) is 11. The second-order valence-electron chi connectivity index (χ2n) is 14.7. The van der Waals surface area contributed by atoms with Crippen LogP contribution in [-0.4, -0.2) is 88.5 Å². The van der Waals surface area contributed by atoms with Gasteiger partial charge in [-0.3, -0.25) is 29.0 Å². The lowest BCUT2D eigenvalue weighted by atomic mass is 9.99. The second-order valence-corrected chi connectivity index (χ2v) is 14.7. The molecule has 0 saturated carbocycles. The topological polar surface area (TPSA) is 292 Å². The molecule has 1 heterocycles. The number of carbonyl (C=O) groups excluding carboxylic acids is 5. The van der Waals surface area contributed by atoms with E-state index >= 15 is 0 Å². The van der Waals surface area contributed by atoms with Gasteiger partial charge in [-0.15, -0.1) is 0 Å². The van der Waals surface area contributed by atoms with E-state index in [9.17, 15) is 34.2 Å². The molecular weight excluding hydrogens is 793 g/mol. The van der Waals surface area contributed by atoms with Crippen molar-refractivity contribution in [1.29, 1.82) is 0 Å². The summed E-state index contributed by atoms with van der Waals surface area (Å²) in [5.74, 6) is -3.29. The number of hydrogen-bond acceptors (Lipinski definition) is 9. The minimum Gasteiger partial charge on any atom is -0.508 e. The Bertz CT molecular complexity index is 2330. The molecular formula is C45H54N10O7. The predicted molar refractivity (Wildman–Crippen MR) is 238 cm³/mol. The zero-order valence-electron chi connectivity index (χ0n) is 34.2. The molecule has 0 saturated heterocycles. The van der Waals surface area contributed by atoms with Gasteiger partial charge in [0, 0.05) is 42.9 Å². The number of aromatic hydroxyl groups is 2. The van der Waals surface area contributed by atoms with Gasteiger partial charge in [0.25, 0.3) is 0 Å². The number of H-pyrrole nitrogens is 1. The number of unbranched alkanes of at least 4 members (excludes halogenated alkanes) is 1. The van der Waals surface area contributed by atoms with Crippen molar-refractivity contribution >= 4 is 52.1 Å². The van der Waals surface area contributed by atoms with Crippen molar-refractivity contribution in [2.24, 2.45) is 22.2 Å².